The summed E-state index contributed by atoms with van der Waals surface area (Å²) in [6.45, 7) is 2.08. The first kappa shape index (κ1) is 11.7. The van der Waals surface area contributed by atoms with E-state index in [0.717, 1.165) is 12.0 Å². The number of nitrogens with one attached hydrogen (secondary N) is 1. The SMILES string of the molecule is Cc1ccc(CC(NN)c2cncnc2)cc1. The van der Waals surface area contributed by atoms with Crippen molar-refractivity contribution in [2.75, 3.05) is 0 Å². The number of hydrazine groups is 1. The molecule has 0 aliphatic carbocycles. The second kappa shape index (κ2) is 5.52. The van der Waals surface area contributed by atoms with E-state index in [4.69, 9.17) is 5.84 Å². The van der Waals surface area contributed by atoms with E-state index < -0.39 is 0 Å². The molecule has 1 aromatic heterocycles. The Morgan fingerprint density at radius 3 is 2.41 bits per heavy atom. The summed E-state index contributed by atoms with van der Waals surface area (Å²) in [6.07, 6.45) is 5.91. The van der Waals surface area contributed by atoms with Crippen molar-refractivity contribution >= 4 is 0 Å². The van der Waals surface area contributed by atoms with Crippen LogP contribution in [0.1, 0.15) is 22.7 Å². The molecule has 0 aliphatic rings. The Bertz CT molecular complexity index is 453. The molecule has 4 nitrogen and oxygen atoms in total. The van der Waals surface area contributed by atoms with Gasteiger partial charge < -0.3 is 0 Å². The van der Waals surface area contributed by atoms with Crippen molar-refractivity contribution in [1.82, 2.24) is 15.4 Å². The fourth-order valence-electron chi connectivity index (χ4n) is 1.72. The number of hydrogen-bond donors (Lipinski definition) is 2. The molecule has 3 N–H and O–H groups in total. The molecule has 0 fully saturated rings. The molecule has 88 valence electrons. The molecule has 0 bridgehead atoms. The molecule has 0 saturated carbocycles. The minimum atomic E-state index is 0.0407. The number of hydrogen-bond acceptors (Lipinski definition) is 4. The van der Waals surface area contributed by atoms with Crippen LogP contribution in [0, 0.1) is 6.92 Å². The van der Waals surface area contributed by atoms with Crippen LogP contribution in [0.3, 0.4) is 0 Å². The highest BCUT2D eigenvalue weighted by Gasteiger charge is 2.10. The van der Waals surface area contributed by atoms with E-state index in [1.165, 1.54) is 17.5 Å². The van der Waals surface area contributed by atoms with Crippen LogP contribution in [-0.4, -0.2) is 9.97 Å². The van der Waals surface area contributed by atoms with E-state index in [2.05, 4.69) is 46.6 Å². The number of nitrogens with two attached hydrogens (primary N) is 1. The van der Waals surface area contributed by atoms with E-state index in [1.807, 2.05) is 0 Å². The van der Waals surface area contributed by atoms with Gasteiger partial charge in [-0.05, 0) is 18.9 Å². The maximum Gasteiger partial charge on any atom is 0.115 e. The van der Waals surface area contributed by atoms with Gasteiger partial charge in [0.05, 0.1) is 6.04 Å². The quantitative estimate of drug-likeness (QED) is 0.615. The zero-order valence-electron chi connectivity index (χ0n) is 9.80. The lowest BCUT2D eigenvalue weighted by Crippen LogP contribution is -2.29. The number of benzene rings is 1. The van der Waals surface area contributed by atoms with E-state index >= 15 is 0 Å². The summed E-state index contributed by atoms with van der Waals surface area (Å²) in [5.74, 6) is 5.58. The van der Waals surface area contributed by atoms with Gasteiger partial charge in [0.1, 0.15) is 6.33 Å². The van der Waals surface area contributed by atoms with E-state index in [0.29, 0.717) is 0 Å². The van der Waals surface area contributed by atoms with Gasteiger partial charge in [0.25, 0.3) is 0 Å². The average Bonchev–Trinajstić information content (AvgIpc) is 2.39. The Balaban J connectivity index is 2.13. The van der Waals surface area contributed by atoms with Gasteiger partial charge in [0.15, 0.2) is 0 Å². The molecular weight excluding hydrogens is 212 g/mol. The highest BCUT2D eigenvalue weighted by molar-refractivity contribution is 5.24. The topological polar surface area (TPSA) is 63.8 Å². The molecule has 1 heterocycles. The Kier molecular flexibility index (Phi) is 3.80. The summed E-state index contributed by atoms with van der Waals surface area (Å²) in [5.41, 5.74) is 6.29. The van der Waals surface area contributed by atoms with Gasteiger partial charge in [-0.2, -0.15) is 0 Å². The highest BCUT2D eigenvalue weighted by atomic mass is 15.2. The van der Waals surface area contributed by atoms with Crippen molar-refractivity contribution < 1.29 is 0 Å². The molecule has 0 aliphatic heterocycles. The Hall–Kier alpha value is -1.78. The van der Waals surface area contributed by atoms with Gasteiger partial charge in [0, 0.05) is 18.0 Å². The normalized spacial score (nSPS) is 12.4. The zero-order chi connectivity index (χ0) is 12.1. The fraction of sp³-hybridized carbons (Fsp3) is 0.231. The minimum Gasteiger partial charge on any atom is -0.271 e. The van der Waals surface area contributed by atoms with Gasteiger partial charge in [0.2, 0.25) is 0 Å². The van der Waals surface area contributed by atoms with E-state index in [1.54, 1.807) is 12.4 Å². The van der Waals surface area contributed by atoms with Crippen molar-refractivity contribution in [2.24, 2.45) is 5.84 Å². The van der Waals surface area contributed by atoms with Gasteiger partial charge in [-0.25, -0.2) is 9.97 Å². The molecule has 17 heavy (non-hydrogen) atoms. The summed E-state index contributed by atoms with van der Waals surface area (Å²) < 4.78 is 0. The number of aromatic nitrogens is 2. The van der Waals surface area contributed by atoms with Crippen LogP contribution in [0.2, 0.25) is 0 Å². The van der Waals surface area contributed by atoms with Crippen LogP contribution in [0.25, 0.3) is 0 Å². The predicted octanol–water partition coefficient (Wildman–Crippen LogP) is 1.53. The van der Waals surface area contributed by atoms with Crippen LogP contribution in [0.4, 0.5) is 0 Å². The van der Waals surface area contributed by atoms with E-state index in [9.17, 15) is 0 Å². The van der Waals surface area contributed by atoms with Crippen LogP contribution < -0.4 is 11.3 Å². The largest absolute Gasteiger partial charge is 0.271 e. The molecule has 1 unspecified atom stereocenters. The average molecular weight is 228 g/mol. The minimum absolute atomic E-state index is 0.0407. The summed E-state index contributed by atoms with van der Waals surface area (Å²) in [7, 11) is 0. The highest BCUT2D eigenvalue weighted by Crippen LogP contribution is 2.16. The van der Waals surface area contributed by atoms with Crippen molar-refractivity contribution in [3.63, 3.8) is 0 Å². The summed E-state index contributed by atoms with van der Waals surface area (Å²) in [6, 6.07) is 8.47. The summed E-state index contributed by atoms with van der Waals surface area (Å²) >= 11 is 0. The number of nitrogens with zero attached hydrogens (tertiary/aromatic N) is 2. The number of aryl methyl sites for hydroxylation is 1. The van der Waals surface area contributed by atoms with Crippen molar-refractivity contribution in [3.8, 4) is 0 Å². The predicted molar refractivity (Wildman–Crippen MR) is 67.0 cm³/mol. The number of rotatable bonds is 4. The lowest BCUT2D eigenvalue weighted by molar-refractivity contribution is 0.548. The Morgan fingerprint density at radius 1 is 1.18 bits per heavy atom. The third kappa shape index (κ3) is 3.09. The van der Waals surface area contributed by atoms with Crippen LogP contribution >= 0.6 is 0 Å². The third-order valence-electron chi connectivity index (χ3n) is 2.74. The molecular formula is C13H16N4. The first-order valence-electron chi connectivity index (χ1n) is 5.56. The summed E-state index contributed by atoms with van der Waals surface area (Å²) in [4.78, 5) is 8.01. The van der Waals surface area contributed by atoms with Gasteiger partial charge in [-0.3, -0.25) is 11.3 Å². The van der Waals surface area contributed by atoms with Gasteiger partial charge in [-0.1, -0.05) is 29.8 Å². The first-order chi connectivity index (χ1) is 8.29. The zero-order valence-corrected chi connectivity index (χ0v) is 9.80. The second-order valence-electron chi connectivity index (χ2n) is 4.08. The third-order valence-corrected chi connectivity index (χ3v) is 2.74. The second-order valence-corrected chi connectivity index (χ2v) is 4.08. The maximum atomic E-state index is 5.58. The van der Waals surface area contributed by atoms with Gasteiger partial charge in [-0.15, -0.1) is 0 Å². The Morgan fingerprint density at radius 2 is 1.82 bits per heavy atom. The lowest BCUT2D eigenvalue weighted by atomic mass is 10.0. The molecule has 0 saturated heterocycles. The van der Waals surface area contributed by atoms with Crippen molar-refractivity contribution in [2.45, 2.75) is 19.4 Å². The summed E-state index contributed by atoms with van der Waals surface area (Å²) in [5, 5.41) is 0. The molecule has 2 rings (SSSR count). The van der Waals surface area contributed by atoms with Crippen LogP contribution in [0.5, 0.6) is 0 Å². The molecule has 1 atom stereocenters. The molecule has 0 spiro atoms. The molecule has 2 aromatic rings. The van der Waals surface area contributed by atoms with E-state index in [-0.39, 0.29) is 6.04 Å². The monoisotopic (exact) mass is 228 g/mol. The standard InChI is InChI=1S/C13H16N4/c1-10-2-4-11(5-3-10)6-13(17-14)12-7-15-9-16-8-12/h2-5,7-9,13,17H,6,14H2,1H3. The van der Waals surface area contributed by atoms with Crippen molar-refractivity contribution in [3.05, 3.63) is 59.7 Å². The molecule has 1 aromatic carbocycles. The fourth-order valence-corrected chi connectivity index (χ4v) is 1.72. The van der Waals surface area contributed by atoms with Crippen LogP contribution in [-0.2, 0) is 6.42 Å². The molecule has 4 heteroatoms. The smallest absolute Gasteiger partial charge is 0.115 e. The lowest BCUT2D eigenvalue weighted by Gasteiger charge is -2.15. The van der Waals surface area contributed by atoms with Gasteiger partial charge >= 0.3 is 0 Å². The Labute approximate surface area is 101 Å². The molecule has 0 radical (unpaired) electrons. The van der Waals surface area contributed by atoms with Crippen molar-refractivity contribution in [1.29, 1.82) is 0 Å². The molecule has 0 amide bonds. The van der Waals surface area contributed by atoms with Crippen LogP contribution in [0.15, 0.2) is 43.0 Å². The maximum absolute atomic E-state index is 5.58. The first-order valence-corrected chi connectivity index (χ1v) is 5.56.